The Kier molecular flexibility index (Phi) is 7.19. The maximum Gasteiger partial charge on any atom is 0.387 e. The van der Waals surface area contributed by atoms with Crippen LogP contribution < -0.4 is 14.8 Å². The predicted octanol–water partition coefficient (Wildman–Crippen LogP) is 3.58. The Hall–Kier alpha value is -2.67. The van der Waals surface area contributed by atoms with E-state index >= 15 is 0 Å². The third kappa shape index (κ3) is 5.92. The SMILES string of the molecule is O=C(COc1ccccc1CNCc1cccc(OC(F)F)c1)N1CCCC1. The molecule has 3 rings (SSSR count). The maximum absolute atomic E-state index is 12.3. The molecule has 0 radical (unpaired) electrons. The van der Waals surface area contributed by atoms with Crippen LogP contribution in [0.5, 0.6) is 11.5 Å². The summed E-state index contributed by atoms with van der Waals surface area (Å²) in [6, 6.07) is 14.1. The molecule has 0 atom stereocenters. The first-order valence-corrected chi connectivity index (χ1v) is 9.35. The number of rotatable bonds is 9. The molecule has 7 heteroatoms. The number of amides is 1. The Morgan fingerprint density at radius 1 is 1.07 bits per heavy atom. The molecule has 2 aromatic carbocycles. The summed E-state index contributed by atoms with van der Waals surface area (Å²) in [5.41, 5.74) is 1.76. The van der Waals surface area contributed by atoms with Crippen LogP contribution in [0.4, 0.5) is 8.78 Å². The van der Waals surface area contributed by atoms with E-state index in [2.05, 4.69) is 10.1 Å². The molecule has 150 valence electrons. The van der Waals surface area contributed by atoms with Crippen molar-refractivity contribution in [3.8, 4) is 11.5 Å². The van der Waals surface area contributed by atoms with Gasteiger partial charge in [-0.1, -0.05) is 30.3 Å². The van der Waals surface area contributed by atoms with Crippen LogP contribution in [0.2, 0.25) is 0 Å². The molecule has 28 heavy (non-hydrogen) atoms. The summed E-state index contributed by atoms with van der Waals surface area (Å²) >= 11 is 0. The summed E-state index contributed by atoms with van der Waals surface area (Å²) in [4.78, 5) is 14.0. The molecule has 5 nitrogen and oxygen atoms in total. The van der Waals surface area contributed by atoms with Crippen molar-refractivity contribution >= 4 is 5.91 Å². The second-order valence-electron chi connectivity index (χ2n) is 6.61. The minimum Gasteiger partial charge on any atom is -0.483 e. The first-order valence-electron chi connectivity index (χ1n) is 9.35. The van der Waals surface area contributed by atoms with Crippen LogP contribution in [0.15, 0.2) is 48.5 Å². The number of hydrogen-bond donors (Lipinski definition) is 1. The maximum atomic E-state index is 12.3. The number of carbonyl (C=O) groups excluding carboxylic acids is 1. The smallest absolute Gasteiger partial charge is 0.387 e. The zero-order valence-corrected chi connectivity index (χ0v) is 15.6. The van der Waals surface area contributed by atoms with Gasteiger partial charge in [-0.25, -0.2) is 0 Å². The van der Waals surface area contributed by atoms with Crippen LogP contribution in [-0.2, 0) is 17.9 Å². The summed E-state index contributed by atoms with van der Waals surface area (Å²) < 4.78 is 34.8. The van der Waals surface area contributed by atoms with Gasteiger partial charge in [0.25, 0.3) is 5.91 Å². The van der Waals surface area contributed by atoms with Gasteiger partial charge in [-0.3, -0.25) is 4.79 Å². The Bertz CT molecular complexity index is 780. The number of nitrogens with zero attached hydrogens (tertiary/aromatic N) is 1. The van der Waals surface area contributed by atoms with Gasteiger partial charge in [0, 0.05) is 31.7 Å². The van der Waals surface area contributed by atoms with Crippen LogP contribution in [0, 0.1) is 0 Å². The highest BCUT2D eigenvalue weighted by Crippen LogP contribution is 2.19. The van der Waals surface area contributed by atoms with Crippen molar-refractivity contribution in [2.45, 2.75) is 32.5 Å². The van der Waals surface area contributed by atoms with Crippen molar-refractivity contribution in [1.82, 2.24) is 10.2 Å². The molecular formula is C21H24F2N2O3. The molecule has 1 saturated heterocycles. The van der Waals surface area contributed by atoms with Crippen LogP contribution in [0.3, 0.4) is 0 Å². The lowest BCUT2D eigenvalue weighted by atomic mass is 10.2. The molecule has 1 aliphatic rings. The van der Waals surface area contributed by atoms with E-state index in [-0.39, 0.29) is 18.3 Å². The van der Waals surface area contributed by atoms with Crippen LogP contribution in [0.1, 0.15) is 24.0 Å². The van der Waals surface area contributed by atoms with Crippen molar-refractivity contribution < 1.29 is 23.0 Å². The molecule has 0 aromatic heterocycles. The molecule has 1 N–H and O–H groups in total. The molecule has 1 aliphatic heterocycles. The van der Waals surface area contributed by atoms with E-state index in [1.807, 2.05) is 35.2 Å². The van der Waals surface area contributed by atoms with Gasteiger partial charge in [-0.15, -0.1) is 0 Å². The van der Waals surface area contributed by atoms with Gasteiger partial charge in [0.1, 0.15) is 11.5 Å². The highest BCUT2D eigenvalue weighted by molar-refractivity contribution is 5.78. The number of nitrogens with one attached hydrogen (secondary N) is 1. The van der Waals surface area contributed by atoms with E-state index in [1.165, 1.54) is 6.07 Å². The number of benzene rings is 2. The van der Waals surface area contributed by atoms with Crippen molar-refractivity contribution in [2.75, 3.05) is 19.7 Å². The van der Waals surface area contributed by atoms with Gasteiger partial charge in [0.05, 0.1) is 0 Å². The second-order valence-corrected chi connectivity index (χ2v) is 6.61. The molecule has 2 aromatic rings. The van der Waals surface area contributed by atoms with E-state index in [4.69, 9.17) is 4.74 Å². The molecule has 0 unspecified atom stereocenters. The third-order valence-corrected chi connectivity index (χ3v) is 4.55. The minimum atomic E-state index is -2.84. The zero-order chi connectivity index (χ0) is 19.8. The number of carbonyl (C=O) groups is 1. The summed E-state index contributed by atoms with van der Waals surface area (Å²) in [5.74, 6) is 0.812. The molecule has 0 aliphatic carbocycles. The van der Waals surface area contributed by atoms with Gasteiger partial charge in [0.2, 0.25) is 0 Å². The van der Waals surface area contributed by atoms with Gasteiger partial charge >= 0.3 is 6.61 Å². The van der Waals surface area contributed by atoms with Crippen molar-refractivity contribution in [3.05, 3.63) is 59.7 Å². The molecule has 0 saturated carbocycles. The normalized spacial score (nSPS) is 13.8. The lowest BCUT2D eigenvalue weighted by Crippen LogP contribution is -2.32. The van der Waals surface area contributed by atoms with Gasteiger partial charge in [-0.05, 0) is 36.6 Å². The first kappa shape index (κ1) is 20.1. The van der Waals surface area contributed by atoms with E-state index in [1.54, 1.807) is 12.1 Å². The van der Waals surface area contributed by atoms with Gasteiger partial charge < -0.3 is 19.7 Å². The van der Waals surface area contributed by atoms with Crippen LogP contribution >= 0.6 is 0 Å². The Labute approximate surface area is 163 Å². The summed E-state index contributed by atoms with van der Waals surface area (Å²) in [6.45, 7) is -0.186. The van der Waals surface area contributed by atoms with Crippen molar-refractivity contribution in [3.63, 3.8) is 0 Å². The van der Waals surface area contributed by atoms with E-state index in [9.17, 15) is 13.6 Å². The number of hydrogen-bond acceptors (Lipinski definition) is 4. The highest BCUT2D eigenvalue weighted by atomic mass is 19.3. The van der Waals surface area contributed by atoms with E-state index in [0.29, 0.717) is 18.8 Å². The van der Waals surface area contributed by atoms with E-state index in [0.717, 1.165) is 37.1 Å². The Balaban J connectivity index is 1.51. The fraction of sp³-hybridized carbons (Fsp3) is 0.381. The number of ether oxygens (including phenoxy) is 2. The summed E-state index contributed by atoms with van der Waals surface area (Å²) in [7, 11) is 0. The monoisotopic (exact) mass is 390 g/mol. The lowest BCUT2D eigenvalue weighted by Gasteiger charge is -2.17. The van der Waals surface area contributed by atoms with Crippen LogP contribution in [0.25, 0.3) is 0 Å². The minimum absolute atomic E-state index is 0.0103. The zero-order valence-electron chi connectivity index (χ0n) is 15.6. The fourth-order valence-electron chi connectivity index (χ4n) is 3.16. The molecule has 0 spiro atoms. The van der Waals surface area contributed by atoms with E-state index < -0.39 is 6.61 Å². The average molecular weight is 390 g/mol. The topological polar surface area (TPSA) is 50.8 Å². The van der Waals surface area contributed by atoms with Gasteiger partial charge in [0.15, 0.2) is 6.61 Å². The number of likely N-dealkylation sites (tertiary alicyclic amines) is 1. The summed E-state index contributed by atoms with van der Waals surface area (Å²) in [5, 5.41) is 3.26. The lowest BCUT2D eigenvalue weighted by molar-refractivity contribution is -0.132. The summed E-state index contributed by atoms with van der Waals surface area (Å²) in [6.07, 6.45) is 2.10. The largest absolute Gasteiger partial charge is 0.483 e. The number of alkyl halides is 2. The number of para-hydroxylation sites is 1. The fourth-order valence-corrected chi connectivity index (χ4v) is 3.16. The Morgan fingerprint density at radius 2 is 1.86 bits per heavy atom. The van der Waals surface area contributed by atoms with Gasteiger partial charge in [-0.2, -0.15) is 8.78 Å². The van der Waals surface area contributed by atoms with Crippen molar-refractivity contribution in [2.24, 2.45) is 0 Å². The highest BCUT2D eigenvalue weighted by Gasteiger charge is 2.18. The Morgan fingerprint density at radius 3 is 2.64 bits per heavy atom. The molecule has 1 amide bonds. The molecule has 0 bridgehead atoms. The second kappa shape index (κ2) is 10.0. The van der Waals surface area contributed by atoms with Crippen LogP contribution in [-0.4, -0.2) is 37.1 Å². The standard InChI is InChI=1S/C21H24F2N2O3/c22-21(23)28-18-8-5-6-16(12-18)13-24-14-17-7-1-2-9-19(17)27-15-20(26)25-10-3-4-11-25/h1-2,5-9,12,21,24H,3-4,10-11,13-15H2. The number of halogens is 2. The molecule has 1 heterocycles. The average Bonchev–Trinajstić information content (AvgIpc) is 3.22. The van der Waals surface area contributed by atoms with Crippen molar-refractivity contribution in [1.29, 1.82) is 0 Å². The quantitative estimate of drug-likeness (QED) is 0.711. The first-order chi connectivity index (χ1) is 13.6. The molecular weight excluding hydrogens is 366 g/mol. The molecule has 1 fully saturated rings. The predicted molar refractivity (Wildman–Crippen MR) is 101 cm³/mol. The third-order valence-electron chi connectivity index (χ3n) is 4.55.